The molecule has 1 atom stereocenters. The molecular weight excluding hydrogens is 498 g/mol. The lowest BCUT2D eigenvalue weighted by Gasteiger charge is -2.32. The van der Waals surface area contributed by atoms with E-state index in [0.29, 0.717) is 12.8 Å². The van der Waals surface area contributed by atoms with E-state index in [1.54, 1.807) is 12.1 Å². The van der Waals surface area contributed by atoms with Crippen molar-refractivity contribution >= 4 is 33.1 Å². The van der Waals surface area contributed by atoms with E-state index >= 15 is 8.78 Å². The van der Waals surface area contributed by atoms with Crippen molar-refractivity contribution < 1.29 is 26.8 Å². The average Bonchev–Trinajstić information content (AvgIpc) is 2.83. The number of hydrogen-bond acceptors (Lipinski definition) is 4. The predicted molar refractivity (Wildman–Crippen MR) is 140 cm³/mol. The molecule has 0 aliphatic carbocycles. The maximum Gasteiger partial charge on any atom is 0.230 e. The van der Waals surface area contributed by atoms with Gasteiger partial charge in [-0.2, -0.15) is 0 Å². The van der Waals surface area contributed by atoms with Crippen LogP contribution < -0.4 is 9.62 Å². The fourth-order valence-corrected chi connectivity index (χ4v) is 5.20. The van der Waals surface area contributed by atoms with E-state index in [1.165, 1.54) is 29.2 Å². The molecule has 1 aliphatic heterocycles. The quantitative estimate of drug-likeness (QED) is 0.434. The number of nitrogens with zero attached hydrogens (tertiary/aromatic N) is 1. The second-order valence-electron chi connectivity index (χ2n) is 9.41. The summed E-state index contributed by atoms with van der Waals surface area (Å²) in [6, 6.07) is 16.3. The topological polar surface area (TPSA) is 83.6 Å². The molecule has 1 fully saturated rings. The van der Waals surface area contributed by atoms with Gasteiger partial charge in [0.1, 0.15) is 5.78 Å². The van der Waals surface area contributed by atoms with Gasteiger partial charge in [-0.05, 0) is 43.5 Å². The molecule has 0 radical (unpaired) electrons. The maximum absolute atomic E-state index is 15.3. The number of rotatable bonds is 8. The highest BCUT2D eigenvalue weighted by molar-refractivity contribution is 7.92. The third-order valence-corrected chi connectivity index (χ3v) is 7.00. The highest BCUT2D eigenvalue weighted by atomic mass is 32.2. The smallest absolute Gasteiger partial charge is 0.230 e. The third-order valence-electron chi connectivity index (χ3n) is 6.41. The molecule has 6 nitrogen and oxygen atoms in total. The zero-order valence-corrected chi connectivity index (χ0v) is 21.4. The largest absolute Gasteiger partial charge is 0.309 e. The summed E-state index contributed by atoms with van der Waals surface area (Å²) in [5.41, 5.74) is 1.89. The van der Waals surface area contributed by atoms with Crippen LogP contribution in [0.1, 0.15) is 30.4 Å². The van der Waals surface area contributed by atoms with Crippen LogP contribution in [0.25, 0.3) is 11.1 Å². The van der Waals surface area contributed by atoms with Gasteiger partial charge in [0.15, 0.2) is 11.6 Å². The van der Waals surface area contributed by atoms with Crippen molar-refractivity contribution in [2.24, 2.45) is 5.92 Å². The van der Waals surface area contributed by atoms with Crippen LogP contribution in [-0.4, -0.2) is 32.9 Å². The van der Waals surface area contributed by atoms with E-state index in [-0.39, 0.29) is 47.7 Å². The van der Waals surface area contributed by atoms with Crippen LogP contribution in [0, 0.1) is 24.5 Å². The molecule has 1 heterocycles. The Kier molecular flexibility index (Phi) is 7.73. The van der Waals surface area contributed by atoms with Gasteiger partial charge in [-0.15, -0.1) is 0 Å². The summed E-state index contributed by atoms with van der Waals surface area (Å²) in [4.78, 5) is 27.1. The number of anilines is 2. The van der Waals surface area contributed by atoms with E-state index < -0.39 is 33.5 Å². The molecule has 0 saturated carbocycles. The van der Waals surface area contributed by atoms with Gasteiger partial charge in [0.25, 0.3) is 0 Å². The fraction of sp³-hybridized carbons (Fsp3) is 0.286. The molecule has 3 aromatic rings. The number of para-hydroxylation sites is 1. The van der Waals surface area contributed by atoms with Gasteiger partial charge in [0.05, 0.1) is 17.6 Å². The van der Waals surface area contributed by atoms with Crippen LogP contribution in [-0.2, 0) is 26.0 Å². The van der Waals surface area contributed by atoms with Crippen LogP contribution in [0.15, 0.2) is 60.7 Å². The van der Waals surface area contributed by atoms with Crippen molar-refractivity contribution in [1.82, 2.24) is 0 Å². The zero-order chi connectivity index (χ0) is 26.7. The minimum Gasteiger partial charge on any atom is -0.309 e. The first kappa shape index (κ1) is 26.5. The first-order chi connectivity index (χ1) is 17.5. The number of halogens is 2. The van der Waals surface area contributed by atoms with Gasteiger partial charge in [-0.1, -0.05) is 48.0 Å². The Labute approximate surface area is 215 Å². The second kappa shape index (κ2) is 10.8. The van der Waals surface area contributed by atoms with Crippen LogP contribution >= 0.6 is 0 Å². The van der Waals surface area contributed by atoms with Gasteiger partial charge >= 0.3 is 0 Å². The van der Waals surface area contributed by atoms with Gasteiger partial charge in [-0.3, -0.25) is 14.3 Å². The highest BCUT2D eigenvalue weighted by Gasteiger charge is 2.33. The summed E-state index contributed by atoms with van der Waals surface area (Å²) in [7, 11) is -3.65. The number of ketones is 1. The Hall–Kier alpha value is -3.59. The van der Waals surface area contributed by atoms with Gasteiger partial charge in [0, 0.05) is 36.4 Å². The van der Waals surface area contributed by atoms with E-state index in [2.05, 4.69) is 4.72 Å². The predicted octanol–water partition coefficient (Wildman–Crippen LogP) is 5.26. The Morgan fingerprint density at radius 1 is 1.00 bits per heavy atom. The maximum atomic E-state index is 15.3. The summed E-state index contributed by atoms with van der Waals surface area (Å²) in [5, 5.41) is 0. The number of carbonyl (C=O) groups is 2. The highest BCUT2D eigenvalue weighted by Crippen LogP contribution is 2.36. The van der Waals surface area contributed by atoms with Crippen LogP contribution in [0.2, 0.25) is 0 Å². The van der Waals surface area contributed by atoms with Crippen molar-refractivity contribution in [2.75, 3.05) is 22.4 Å². The zero-order valence-electron chi connectivity index (χ0n) is 20.6. The minimum absolute atomic E-state index is 0.0376. The Morgan fingerprint density at radius 2 is 1.70 bits per heavy atom. The summed E-state index contributed by atoms with van der Waals surface area (Å²) >= 11 is 0. The summed E-state index contributed by atoms with van der Waals surface area (Å²) < 4.78 is 56.3. The molecule has 194 valence electrons. The lowest BCUT2D eigenvalue weighted by atomic mass is 9.89. The van der Waals surface area contributed by atoms with Crippen LogP contribution in [0.4, 0.5) is 20.2 Å². The molecule has 0 spiro atoms. The molecule has 0 bridgehead atoms. The van der Waals surface area contributed by atoms with Gasteiger partial charge in [0.2, 0.25) is 15.9 Å². The van der Waals surface area contributed by atoms with Crippen molar-refractivity contribution in [3.05, 3.63) is 83.4 Å². The first-order valence-corrected chi connectivity index (χ1v) is 13.9. The average molecular weight is 527 g/mol. The summed E-state index contributed by atoms with van der Waals surface area (Å²) in [6.45, 7) is 2.17. The van der Waals surface area contributed by atoms with Crippen molar-refractivity contribution in [1.29, 1.82) is 0 Å². The number of nitrogens with one attached hydrogen (secondary N) is 1. The lowest BCUT2D eigenvalue weighted by Crippen LogP contribution is -2.42. The standard InChI is InChI=1S/C28H28F2N2O4S/c1-18-9-11-19(12-10-18)16-21(33)17-20-6-5-15-32(28(20)34)25-14-13-23(26(29)27(25)30)22-7-3-4-8-24(22)31-37(2,35)36/h3-4,7-14,20,31H,5-6,15-17H2,1-2H3/t20-/m0/s1. The number of aryl methyl sites for hydroxylation is 1. The molecule has 1 amide bonds. The SMILES string of the molecule is Cc1ccc(CC(=O)C[C@@H]2CCCN(c3ccc(-c4ccccc4NS(C)(=O)=O)c(F)c3F)C2=O)cc1. The number of carbonyl (C=O) groups excluding carboxylic acids is 2. The third kappa shape index (κ3) is 6.22. The molecule has 1 aliphatic rings. The Morgan fingerprint density at radius 3 is 2.41 bits per heavy atom. The molecule has 1 saturated heterocycles. The van der Waals surface area contributed by atoms with E-state index in [4.69, 9.17) is 0 Å². The second-order valence-corrected chi connectivity index (χ2v) is 11.2. The van der Waals surface area contributed by atoms with E-state index in [1.807, 2.05) is 31.2 Å². The number of hydrogen-bond donors (Lipinski definition) is 1. The van der Waals surface area contributed by atoms with Crippen LogP contribution in [0.5, 0.6) is 0 Å². The molecule has 37 heavy (non-hydrogen) atoms. The number of sulfonamides is 1. The Bertz CT molecular complexity index is 1440. The van der Waals surface area contributed by atoms with Crippen molar-refractivity contribution in [2.45, 2.75) is 32.6 Å². The number of piperidine rings is 1. The number of Topliss-reactive ketones (excluding diaryl/α,β-unsaturated/α-hetero) is 1. The molecule has 1 N–H and O–H groups in total. The molecule has 3 aromatic carbocycles. The monoisotopic (exact) mass is 526 g/mol. The molecular formula is C28H28F2N2O4S. The number of amides is 1. The summed E-state index contributed by atoms with van der Waals surface area (Å²) in [6.07, 6.45) is 2.27. The minimum atomic E-state index is -3.65. The van der Waals surface area contributed by atoms with Crippen molar-refractivity contribution in [3.63, 3.8) is 0 Å². The molecule has 0 unspecified atom stereocenters. The van der Waals surface area contributed by atoms with E-state index in [9.17, 15) is 18.0 Å². The molecule has 9 heteroatoms. The van der Waals surface area contributed by atoms with Gasteiger partial charge in [-0.25, -0.2) is 17.2 Å². The first-order valence-electron chi connectivity index (χ1n) is 12.0. The van der Waals surface area contributed by atoms with Crippen LogP contribution in [0.3, 0.4) is 0 Å². The normalized spacial score (nSPS) is 16.1. The van der Waals surface area contributed by atoms with E-state index in [0.717, 1.165) is 17.4 Å². The molecule has 0 aromatic heterocycles. The fourth-order valence-electron chi connectivity index (χ4n) is 4.62. The van der Waals surface area contributed by atoms with Crippen molar-refractivity contribution in [3.8, 4) is 11.1 Å². The Balaban J connectivity index is 1.55. The summed E-state index contributed by atoms with van der Waals surface area (Å²) in [5.74, 6) is -3.49. The lowest BCUT2D eigenvalue weighted by molar-refractivity contribution is -0.128. The molecule has 4 rings (SSSR count). The number of benzene rings is 3. The van der Waals surface area contributed by atoms with Gasteiger partial charge < -0.3 is 4.90 Å².